The Hall–Kier alpha value is -1.44. The minimum Gasteiger partial charge on any atom is -0.404 e. The van der Waals surface area contributed by atoms with Gasteiger partial charge < -0.3 is 10.6 Å². The Morgan fingerprint density at radius 1 is 1.55 bits per heavy atom. The van der Waals surface area contributed by atoms with Gasteiger partial charge in [0.15, 0.2) is 0 Å². The Bertz CT molecular complexity index is 587. The third-order valence-electron chi connectivity index (χ3n) is 4.42. The fourth-order valence-electron chi connectivity index (χ4n) is 2.90. The summed E-state index contributed by atoms with van der Waals surface area (Å²) in [5, 5.41) is 1.34. The molecule has 0 aromatic carbocycles. The van der Waals surface area contributed by atoms with Crippen LogP contribution in [0.15, 0.2) is 16.8 Å². The second-order valence-electron chi connectivity index (χ2n) is 5.91. The normalized spacial score (nSPS) is 20.0. The van der Waals surface area contributed by atoms with Gasteiger partial charge in [0, 0.05) is 35.5 Å². The molecule has 0 atom stereocenters. The fraction of sp³-hybridized carbons (Fsp3) is 0.600. The number of nitrogens with zero attached hydrogens (tertiary/aromatic N) is 3. The van der Waals surface area contributed by atoms with Gasteiger partial charge >= 0.3 is 0 Å². The summed E-state index contributed by atoms with van der Waals surface area (Å²) in [5.41, 5.74) is 10.5. The molecule has 0 spiro atoms. The molecular formula is C15H24N6S. The maximum absolute atomic E-state index is 5.68. The van der Waals surface area contributed by atoms with Gasteiger partial charge in [-0.15, -0.1) is 11.3 Å². The van der Waals surface area contributed by atoms with E-state index in [1.807, 2.05) is 18.3 Å². The number of thiazole rings is 1. The quantitative estimate of drug-likeness (QED) is 0.338. The smallest absolute Gasteiger partial charge is 0.129 e. The topological polar surface area (TPSA) is 92.6 Å². The molecule has 0 saturated heterocycles. The monoisotopic (exact) mass is 320 g/mol. The molecule has 120 valence electrons. The number of hydrazine groups is 1. The molecule has 6 nitrogen and oxygen atoms in total. The predicted octanol–water partition coefficient (Wildman–Crippen LogP) is 1.45. The summed E-state index contributed by atoms with van der Waals surface area (Å²) in [5.74, 6) is 6.98. The summed E-state index contributed by atoms with van der Waals surface area (Å²) >= 11 is 1.88. The van der Waals surface area contributed by atoms with Gasteiger partial charge in [-0.3, -0.25) is 10.8 Å². The maximum Gasteiger partial charge on any atom is 0.129 e. The van der Waals surface area contributed by atoms with Crippen molar-refractivity contribution in [2.75, 3.05) is 13.2 Å². The van der Waals surface area contributed by atoms with Gasteiger partial charge in [-0.05, 0) is 19.8 Å². The van der Waals surface area contributed by atoms with Crippen molar-refractivity contribution in [1.82, 2.24) is 15.3 Å². The van der Waals surface area contributed by atoms with Gasteiger partial charge in [-0.1, -0.05) is 6.42 Å². The minimum atomic E-state index is 0.389. The molecule has 3 rings (SSSR count). The largest absolute Gasteiger partial charge is 0.404 e. The van der Waals surface area contributed by atoms with Crippen molar-refractivity contribution in [1.29, 1.82) is 0 Å². The molecule has 1 aliphatic carbocycles. The van der Waals surface area contributed by atoms with Crippen molar-refractivity contribution >= 4 is 17.2 Å². The number of hydrogen-bond acceptors (Lipinski definition) is 6. The zero-order valence-corrected chi connectivity index (χ0v) is 13.8. The number of fused-ring (bicyclic) bond motifs is 1. The van der Waals surface area contributed by atoms with E-state index in [1.54, 1.807) is 6.20 Å². The number of rotatable bonds is 4. The van der Waals surface area contributed by atoms with Gasteiger partial charge in [0.05, 0.1) is 17.2 Å². The van der Waals surface area contributed by atoms with Crippen LogP contribution in [0.3, 0.4) is 0 Å². The first-order chi connectivity index (χ1) is 10.7. The van der Waals surface area contributed by atoms with E-state index >= 15 is 0 Å². The van der Waals surface area contributed by atoms with Crippen LogP contribution in [0.1, 0.15) is 47.7 Å². The first-order valence-electron chi connectivity index (χ1n) is 7.83. The highest BCUT2D eigenvalue weighted by molar-refractivity contribution is 7.11. The van der Waals surface area contributed by atoms with E-state index < -0.39 is 0 Å². The van der Waals surface area contributed by atoms with Crippen molar-refractivity contribution in [2.45, 2.75) is 45.1 Å². The van der Waals surface area contributed by atoms with E-state index in [0.717, 1.165) is 30.9 Å². The summed E-state index contributed by atoms with van der Waals surface area (Å²) in [4.78, 5) is 13.1. The van der Waals surface area contributed by atoms with Gasteiger partial charge in [-0.2, -0.15) is 0 Å². The van der Waals surface area contributed by atoms with Gasteiger partial charge in [-0.25, -0.2) is 10.4 Å². The lowest BCUT2D eigenvalue weighted by atomic mass is 9.86. The van der Waals surface area contributed by atoms with Gasteiger partial charge in [0.2, 0.25) is 0 Å². The van der Waals surface area contributed by atoms with Gasteiger partial charge in [0.1, 0.15) is 12.5 Å². The second kappa shape index (κ2) is 6.76. The first-order valence-corrected chi connectivity index (χ1v) is 8.64. The Morgan fingerprint density at radius 2 is 2.36 bits per heavy atom. The van der Waals surface area contributed by atoms with Crippen LogP contribution in [0.25, 0.3) is 0 Å². The Morgan fingerprint density at radius 3 is 3.00 bits per heavy atom. The van der Waals surface area contributed by atoms with Crippen LogP contribution < -0.4 is 17.0 Å². The van der Waals surface area contributed by atoms with Crippen LogP contribution in [-0.2, 0) is 13.0 Å². The zero-order valence-electron chi connectivity index (χ0n) is 13.0. The molecule has 22 heavy (non-hydrogen) atoms. The summed E-state index contributed by atoms with van der Waals surface area (Å²) in [6, 6.07) is 0. The maximum atomic E-state index is 5.68. The van der Waals surface area contributed by atoms with Crippen molar-refractivity contribution in [3.05, 3.63) is 27.4 Å². The number of nitrogens with two attached hydrogens (primary N) is 2. The van der Waals surface area contributed by atoms with Crippen molar-refractivity contribution < 1.29 is 0 Å². The number of aliphatic imine (C=N–C) groups is 1. The highest BCUT2D eigenvalue weighted by Gasteiger charge is 2.28. The van der Waals surface area contributed by atoms with E-state index in [1.165, 1.54) is 34.8 Å². The van der Waals surface area contributed by atoms with Crippen molar-refractivity contribution in [3.63, 3.8) is 0 Å². The molecule has 1 saturated carbocycles. The molecule has 0 bridgehead atoms. The molecule has 2 heterocycles. The molecule has 0 radical (unpaired) electrons. The van der Waals surface area contributed by atoms with Crippen LogP contribution >= 0.6 is 11.3 Å². The molecule has 0 unspecified atom stereocenters. The van der Waals surface area contributed by atoms with Crippen LogP contribution in [0.4, 0.5) is 0 Å². The molecule has 0 amide bonds. The van der Waals surface area contributed by atoms with Crippen LogP contribution in [-0.4, -0.2) is 28.9 Å². The summed E-state index contributed by atoms with van der Waals surface area (Å²) in [7, 11) is 0. The number of nitrogens with one attached hydrogen (secondary N) is 1. The van der Waals surface area contributed by atoms with E-state index in [4.69, 9.17) is 16.6 Å². The molecule has 1 fully saturated rings. The Kier molecular flexibility index (Phi) is 4.75. The van der Waals surface area contributed by atoms with Crippen molar-refractivity contribution in [3.8, 4) is 0 Å². The highest BCUT2D eigenvalue weighted by Crippen LogP contribution is 2.40. The lowest BCUT2D eigenvalue weighted by Gasteiger charge is -2.29. The van der Waals surface area contributed by atoms with Crippen molar-refractivity contribution in [2.24, 2.45) is 16.6 Å². The summed E-state index contributed by atoms with van der Waals surface area (Å²) in [6.45, 7) is 4.17. The number of hydrogen-bond donors (Lipinski definition) is 3. The van der Waals surface area contributed by atoms with Crippen LogP contribution in [0.5, 0.6) is 0 Å². The molecule has 7 heteroatoms. The number of amidine groups is 1. The van der Waals surface area contributed by atoms with Crippen LogP contribution in [0, 0.1) is 0 Å². The lowest BCUT2D eigenvalue weighted by Crippen LogP contribution is -2.37. The van der Waals surface area contributed by atoms with E-state index in [-0.39, 0.29) is 0 Å². The molecular weight excluding hydrogens is 296 g/mol. The molecule has 1 aliphatic heterocycles. The SMILES string of the molecule is CC(=C/N)/C(=N\CNN)N1CCc2nc(C3CCC3)sc2C1. The average molecular weight is 320 g/mol. The number of aromatic nitrogens is 1. The van der Waals surface area contributed by atoms with E-state index in [2.05, 4.69) is 15.3 Å². The Balaban J connectivity index is 1.78. The highest BCUT2D eigenvalue weighted by atomic mass is 32.1. The molecule has 2 aliphatic rings. The molecule has 1 aromatic rings. The third-order valence-corrected chi connectivity index (χ3v) is 5.67. The second-order valence-corrected chi connectivity index (χ2v) is 7.03. The summed E-state index contributed by atoms with van der Waals surface area (Å²) < 4.78 is 0. The first kappa shape index (κ1) is 15.5. The van der Waals surface area contributed by atoms with E-state index in [0.29, 0.717) is 12.6 Å². The summed E-state index contributed by atoms with van der Waals surface area (Å²) in [6.07, 6.45) is 6.55. The fourth-order valence-corrected chi connectivity index (χ4v) is 4.19. The molecule has 1 aromatic heterocycles. The standard InChI is InChI=1S/C15H24N6S/c1-10(7-16)14(18-9-19-17)21-6-5-12-13(8-21)22-15(20-12)11-3-2-4-11/h7,11,19H,2-6,8-9,16-17H2,1H3/b10-7-,18-14+. The Labute approximate surface area is 135 Å². The lowest BCUT2D eigenvalue weighted by molar-refractivity contribution is 0.391. The minimum absolute atomic E-state index is 0.389. The third kappa shape index (κ3) is 3.02. The molecule has 5 N–H and O–H groups in total. The van der Waals surface area contributed by atoms with Gasteiger partial charge in [0.25, 0.3) is 0 Å². The average Bonchev–Trinajstić information content (AvgIpc) is 2.87. The zero-order chi connectivity index (χ0) is 15.5. The predicted molar refractivity (Wildman–Crippen MR) is 90.4 cm³/mol. The van der Waals surface area contributed by atoms with E-state index in [9.17, 15) is 0 Å². The van der Waals surface area contributed by atoms with Crippen LogP contribution in [0.2, 0.25) is 0 Å².